The van der Waals surface area contributed by atoms with Crippen LogP contribution in [-0.4, -0.2) is 23.8 Å². The summed E-state index contributed by atoms with van der Waals surface area (Å²) in [4.78, 5) is 4.40. The molecule has 0 bridgehead atoms. The molecular formula is C13H9LiNO. The summed E-state index contributed by atoms with van der Waals surface area (Å²) < 4.78 is 5.63. The Kier molecular flexibility index (Phi) is 3.14. The van der Waals surface area contributed by atoms with E-state index >= 15 is 0 Å². The minimum absolute atomic E-state index is 0. The second kappa shape index (κ2) is 4.57. The third-order valence-electron chi connectivity index (χ3n) is 2.26. The summed E-state index contributed by atoms with van der Waals surface area (Å²) >= 11 is 0. The number of hydrogen-bond donors (Lipinski definition) is 0. The Balaban J connectivity index is 0.000000963. The molecule has 0 aliphatic heterocycles. The molecule has 0 atom stereocenters. The van der Waals surface area contributed by atoms with Crippen LogP contribution >= 0.6 is 0 Å². The van der Waals surface area contributed by atoms with Crippen molar-refractivity contribution in [2.45, 2.75) is 0 Å². The second-order valence-electron chi connectivity index (χ2n) is 3.28. The largest absolute Gasteiger partial charge is 0.436 e. The van der Waals surface area contributed by atoms with E-state index in [1.54, 1.807) is 0 Å². The molecular weight excluding hydrogens is 193 g/mol. The van der Waals surface area contributed by atoms with Gasteiger partial charge in [0.1, 0.15) is 5.52 Å². The number of para-hydroxylation sites is 2. The summed E-state index contributed by atoms with van der Waals surface area (Å²) in [5.41, 5.74) is 2.69. The van der Waals surface area contributed by atoms with Crippen molar-refractivity contribution in [3.05, 3.63) is 54.6 Å². The summed E-state index contributed by atoms with van der Waals surface area (Å²) in [5, 5.41) is 0. The van der Waals surface area contributed by atoms with Gasteiger partial charge in [-0.2, -0.15) is 0 Å². The minimum atomic E-state index is 0. The van der Waals surface area contributed by atoms with Crippen molar-refractivity contribution in [2.24, 2.45) is 0 Å². The van der Waals surface area contributed by atoms with Crippen LogP contribution in [0.3, 0.4) is 0 Å². The van der Waals surface area contributed by atoms with Gasteiger partial charge in [-0.3, -0.25) is 0 Å². The molecule has 1 aromatic heterocycles. The van der Waals surface area contributed by atoms with E-state index in [1.807, 2.05) is 48.5 Å². The molecule has 0 aliphatic carbocycles. The predicted octanol–water partition coefficient (Wildman–Crippen LogP) is 2.65. The van der Waals surface area contributed by atoms with E-state index in [0.29, 0.717) is 5.89 Å². The van der Waals surface area contributed by atoms with Crippen LogP contribution in [-0.2, 0) is 0 Å². The predicted molar refractivity (Wildman–Crippen MR) is 65.4 cm³/mol. The van der Waals surface area contributed by atoms with Crippen molar-refractivity contribution < 1.29 is 4.42 Å². The van der Waals surface area contributed by atoms with E-state index in [0.717, 1.165) is 16.7 Å². The zero-order valence-electron chi connectivity index (χ0n) is 7.97. The maximum atomic E-state index is 5.63. The second-order valence-corrected chi connectivity index (χ2v) is 3.28. The van der Waals surface area contributed by atoms with Crippen LogP contribution in [0.2, 0.25) is 0 Å². The third-order valence-corrected chi connectivity index (χ3v) is 2.26. The smallest absolute Gasteiger partial charge is 0.227 e. The van der Waals surface area contributed by atoms with Gasteiger partial charge in [0.25, 0.3) is 0 Å². The Labute approximate surface area is 105 Å². The molecule has 73 valence electrons. The first-order chi connectivity index (χ1) is 7.43. The molecule has 0 aliphatic rings. The quantitative estimate of drug-likeness (QED) is 0.567. The minimum Gasteiger partial charge on any atom is -0.436 e. The molecule has 16 heavy (non-hydrogen) atoms. The Morgan fingerprint density at radius 1 is 1.00 bits per heavy atom. The van der Waals surface area contributed by atoms with Crippen molar-refractivity contribution in [1.82, 2.24) is 4.98 Å². The molecule has 3 rings (SSSR count). The first kappa shape index (κ1) is 11.0. The van der Waals surface area contributed by atoms with Gasteiger partial charge in [0, 0.05) is 5.56 Å². The van der Waals surface area contributed by atoms with Gasteiger partial charge in [0.2, 0.25) is 5.89 Å². The Morgan fingerprint density at radius 3 is 2.50 bits per heavy atom. The molecule has 1 heterocycles. The number of benzene rings is 2. The van der Waals surface area contributed by atoms with Gasteiger partial charge < -0.3 is 4.42 Å². The van der Waals surface area contributed by atoms with Gasteiger partial charge in [-0.1, -0.05) is 24.3 Å². The van der Waals surface area contributed by atoms with Crippen LogP contribution in [0.15, 0.2) is 52.9 Å². The topological polar surface area (TPSA) is 26.0 Å². The van der Waals surface area contributed by atoms with Gasteiger partial charge >= 0.3 is 18.9 Å². The van der Waals surface area contributed by atoms with Crippen LogP contribution < -0.4 is 0 Å². The maximum Gasteiger partial charge on any atom is 0.227 e. The molecule has 0 unspecified atom stereocenters. The van der Waals surface area contributed by atoms with Gasteiger partial charge in [-0.25, -0.2) is 4.98 Å². The van der Waals surface area contributed by atoms with Crippen molar-refractivity contribution >= 4 is 30.0 Å². The van der Waals surface area contributed by atoms with Crippen molar-refractivity contribution in [3.63, 3.8) is 0 Å². The fourth-order valence-corrected chi connectivity index (χ4v) is 1.53. The van der Waals surface area contributed by atoms with Crippen LogP contribution in [0, 0.1) is 6.07 Å². The van der Waals surface area contributed by atoms with Crippen LogP contribution in [0.25, 0.3) is 22.6 Å². The van der Waals surface area contributed by atoms with E-state index in [4.69, 9.17) is 4.42 Å². The van der Waals surface area contributed by atoms with Gasteiger partial charge in [-0.15, -0.1) is 0 Å². The number of rotatable bonds is 1. The monoisotopic (exact) mass is 202 g/mol. The summed E-state index contributed by atoms with van der Waals surface area (Å²) in [7, 11) is 0. The SMILES string of the molecule is [LiH].[c]1ccc(-c2nc3ccccc3o2)cc1. The van der Waals surface area contributed by atoms with E-state index in [-0.39, 0.29) is 18.9 Å². The first-order valence-corrected chi connectivity index (χ1v) is 4.75. The molecule has 2 aromatic carbocycles. The fourth-order valence-electron chi connectivity index (χ4n) is 1.53. The van der Waals surface area contributed by atoms with Crippen molar-refractivity contribution in [3.8, 4) is 11.5 Å². The molecule has 0 saturated carbocycles. The van der Waals surface area contributed by atoms with E-state index in [9.17, 15) is 0 Å². The zero-order chi connectivity index (χ0) is 10.1. The van der Waals surface area contributed by atoms with Crippen LogP contribution in [0.4, 0.5) is 0 Å². The average Bonchev–Trinajstić information content (AvgIpc) is 2.74. The number of oxazole rings is 1. The standard InChI is InChI=1S/C13H8NO.Li.H/c1-2-6-10(7-3-1)13-14-11-8-4-5-9-12(11)15-13;;/h2-9H;;. The molecule has 3 aromatic rings. The third kappa shape index (κ3) is 1.90. The zero-order valence-corrected chi connectivity index (χ0v) is 7.97. The van der Waals surface area contributed by atoms with Gasteiger partial charge in [-0.05, 0) is 30.3 Å². The van der Waals surface area contributed by atoms with E-state index in [2.05, 4.69) is 11.1 Å². The Bertz CT molecular complexity index is 556. The summed E-state index contributed by atoms with van der Waals surface area (Å²) in [6.07, 6.45) is 0. The Hall–Kier alpha value is -1.49. The first-order valence-electron chi connectivity index (χ1n) is 4.75. The molecule has 0 N–H and O–H groups in total. The van der Waals surface area contributed by atoms with Crippen LogP contribution in [0.1, 0.15) is 0 Å². The molecule has 0 fully saturated rings. The normalized spacial score (nSPS) is 10.0. The average molecular weight is 202 g/mol. The van der Waals surface area contributed by atoms with E-state index in [1.165, 1.54) is 0 Å². The maximum absolute atomic E-state index is 5.63. The van der Waals surface area contributed by atoms with Crippen LogP contribution in [0.5, 0.6) is 0 Å². The Morgan fingerprint density at radius 2 is 1.75 bits per heavy atom. The fraction of sp³-hybridized carbons (Fsp3) is 0. The summed E-state index contributed by atoms with van der Waals surface area (Å²) in [6.45, 7) is 0. The van der Waals surface area contributed by atoms with Gasteiger partial charge in [0.05, 0.1) is 0 Å². The molecule has 0 amide bonds. The number of hydrogen-bond acceptors (Lipinski definition) is 2. The van der Waals surface area contributed by atoms with Crippen molar-refractivity contribution in [2.75, 3.05) is 0 Å². The molecule has 2 nitrogen and oxygen atoms in total. The number of nitrogens with zero attached hydrogens (tertiary/aromatic N) is 1. The molecule has 0 saturated heterocycles. The number of fused-ring (bicyclic) bond motifs is 1. The van der Waals surface area contributed by atoms with Crippen molar-refractivity contribution in [1.29, 1.82) is 0 Å². The number of aromatic nitrogens is 1. The summed E-state index contributed by atoms with van der Waals surface area (Å²) in [6, 6.07) is 18.3. The van der Waals surface area contributed by atoms with Gasteiger partial charge in [0.15, 0.2) is 5.58 Å². The van der Waals surface area contributed by atoms with E-state index < -0.39 is 0 Å². The summed E-state index contributed by atoms with van der Waals surface area (Å²) in [5.74, 6) is 0.658. The molecule has 0 spiro atoms. The molecule has 3 heteroatoms. The molecule has 1 radical (unpaired) electrons.